The van der Waals surface area contributed by atoms with Gasteiger partial charge in [-0.15, -0.1) is 0 Å². The third kappa shape index (κ3) is 5.43. The summed E-state index contributed by atoms with van der Waals surface area (Å²) >= 11 is 0. The van der Waals surface area contributed by atoms with Gasteiger partial charge in [0, 0.05) is 63.6 Å². The van der Waals surface area contributed by atoms with Gasteiger partial charge in [0.05, 0.1) is 18.9 Å². The van der Waals surface area contributed by atoms with E-state index in [1.807, 2.05) is 0 Å². The van der Waals surface area contributed by atoms with Gasteiger partial charge in [-0.05, 0) is 32.7 Å². The summed E-state index contributed by atoms with van der Waals surface area (Å²) in [6.45, 7) is 8.52. The summed E-state index contributed by atoms with van der Waals surface area (Å²) in [5.74, 6) is 0. The van der Waals surface area contributed by atoms with Crippen molar-refractivity contribution in [2.75, 3.05) is 40.0 Å². The van der Waals surface area contributed by atoms with E-state index in [0.29, 0.717) is 19.8 Å². The number of aromatic nitrogens is 2. The summed E-state index contributed by atoms with van der Waals surface area (Å²) in [4.78, 5) is 14.5. The number of urea groups is 1. The van der Waals surface area contributed by atoms with Crippen molar-refractivity contribution in [2.24, 2.45) is 0 Å². The van der Waals surface area contributed by atoms with Gasteiger partial charge >= 0.3 is 6.03 Å². The lowest BCUT2D eigenvalue weighted by molar-refractivity contribution is 0.107. The Morgan fingerprint density at radius 1 is 1.44 bits per heavy atom. The Morgan fingerprint density at radius 3 is 3.15 bits per heavy atom. The third-order valence-corrected chi connectivity index (χ3v) is 5.30. The number of fused-ring (bicyclic) bond motifs is 1. The second kappa shape index (κ2) is 10.1. The molecule has 0 aromatic carbocycles. The number of likely N-dealkylation sites (tertiary alicyclic amines) is 1. The number of rotatable bonds is 8. The number of hydrogen-bond acceptors (Lipinski definition) is 5. The number of nitrogens with one attached hydrogen (secondary N) is 2. The Kier molecular flexibility index (Phi) is 7.49. The normalized spacial score (nSPS) is 20.3. The van der Waals surface area contributed by atoms with Crippen LogP contribution in [-0.4, -0.2) is 66.7 Å². The first-order chi connectivity index (χ1) is 13.2. The average Bonchev–Trinajstić information content (AvgIpc) is 3.03. The van der Waals surface area contributed by atoms with Gasteiger partial charge < -0.3 is 20.1 Å². The third-order valence-electron chi connectivity index (χ3n) is 5.30. The van der Waals surface area contributed by atoms with E-state index in [-0.39, 0.29) is 12.1 Å². The summed E-state index contributed by atoms with van der Waals surface area (Å²) in [5.41, 5.74) is 3.74. The van der Waals surface area contributed by atoms with E-state index < -0.39 is 0 Å². The van der Waals surface area contributed by atoms with Gasteiger partial charge in [-0.25, -0.2) is 4.79 Å². The number of amides is 2. The van der Waals surface area contributed by atoms with Crippen LogP contribution in [0.25, 0.3) is 0 Å². The fraction of sp³-hybridized carbons (Fsp3) is 0.789. The monoisotopic (exact) mass is 379 g/mol. The summed E-state index contributed by atoms with van der Waals surface area (Å²) in [6.07, 6.45) is 3.88. The zero-order valence-electron chi connectivity index (χ0n) is 16.6. The second-order valence-corrected chi connectivity index (χ2v) is 7.31. The standard InChI is InChI=1S/C19H33N5O3/c1-3-24-18-7-11-27-14-16(18)17(22-24)13-23-9-4-6-15(12-23)21-19(25)20-8-5-10-26-2/h15H,3-14H2,1-2H3,(H2,20,21,25). The molecular formula is C19H33N5O3. The molecule has 0 saturated carbocycles. The maximum Gasteiger partial charge on any atom is 0.315 e. The molecule has 2 aliphatic heterocycles. The van der Waals surface area contributed by atoms with Crippen molar-refractivity contribution in [1.29, 1.82) is 0 Å². The van der Waals surface area contributed by atoms with E-state index in [2.05, 4.69) is 27.1 Å². The molecule has 0 radical (unpaired) electrons. The van der Waals surface area contributed by atoms with E-state index in [1.165, 1.54) is 11.3 Å². The molecule has 1 saturated heterocycles. The van der Waals surface area contributed by atoms with Crippen molar-refractivity contribution in [3.05, 3.63) is 17.0 Å². The van der Waals surface area contributed by atoms with Gasteiger partial charge in [0.15, 0.2) is 0 Å². The van der Waals surface area contributed by atoms with Crippen LogP contribution in [-0.2, 0) is 35.6 Å². The van der Waals surface area contributed by atoms with Crippen molar-refractivity contribution in [3.63, 3.8) is 0 Å². The van der Waals surface area contributed by atoms with Crippen LogP contribution in [0.1, 0.15) is 43.1 Å². The molecule has 2 amide bonds. The lowest BCUT2D eigenvalue weighted by Crippen LogP contribution is -2.50. The Balaban J connectivity index is 1.51. The van der Waals surface area contributed by atoms with Gasteiger partial charge in [0.1, 0.15) is 0 Å². The number of nitrogens with zero attached hydrogens (tertiary/aromatic N) is 3. The van der Waals surface area contributed by atoms with Gasteiger partial charge in [0.2, 0.25) is 0 Å². The van der Waals surface area contributed by atoms with Gasteiger partial charge in [-0.1, -0.05) is 0 Å². The van der Waals surface area contributed by atoms with Crippen molar-refractivity contribution < 1.29 is 14.3 Å². The average molecular weight is 380 g/mol. The lowest BCUT2D eigenvalue weighted by atomic mass is 10.0. The highest BCUT2D eigenvalue weighted by Crippen LogP contribution is 2.23. The lowest BCUT2D eigenvalue weighted by Gasteiger charge is -2.33. The van der Waals surface area contributed by atoms with Crippen molar-refractivity contribution >= 4 is 6.03 Å². The summed E-state index contributed by atoms with van der Waals surface area (Å²) in [5, 5.41) is 10.8. The fourth-order valence-electron chi connectivity index (χ4n) is 3.95. The molecule has 1 aromatic rings. The van der Waals surface area contributed by atoms with Crippen LogP contribution in [0.4, 0.5) is 4.79 Å². The van der Waals surface area contributed by atoms with Crippen molar-refractivity contribution in [3.8, 4) is 0 Å². The van der Waals surface area contributed by atoms with Crippen LogP contribution in [0.2, 0.25) is 0 Å². The predicted octanol–water partition coefficient (Wildman–Crippen LogP) is 1.28. The van der Waals surface area contributed by atoms with E-state index in [1.54, 1.807) is 7.11 Å². The minimum atomic E-state index is -0.0843. The number of hydrogen-bond donors (Lipinski definition) is 2. The zero-order chi connectivity index (χ0) is 19.1. The number of methoxy groups -OCH3 is 1. The molecular weight excluding hydrogens is 346 g/mol. The minimum Gasteiger partial charge on any atom is -0.385 e. The highest BCUT2D eigenvalue weighted by atomic mass is 16.5. The van der Waals surface area contributed by atoms with Crippen molar-refractivity contribution in [2.45, 2.75) is 58.3 Å². The Labute approximate surface area is 161 Å². The highest BCUT2D eigenvalue weighted by molar-refractivity contribution is 5.74. The van der Waals surface area contributed by atoms with Gasteiger partial charge in [0.25, 0.3) is 0 Å². The van der Waals surface area contributed by atoms with E-state index in [9.17, 15) is 4.79 Å². The fourth-order valence-corrected chi connectivity index (χ4v) is 3.95. The zero-order valence-corrected chi connectivity index (χ0v) is 16.6. The van der Waals surface area contributed by atoms with Crippen LogP contribution in [0.5, 0.6) is 0 Å². The highest BCUT2D eigenvalue weighted by Gasteiger charge is 2.25. The quantitative estimate of drug-likeness (QED) is 0.665. The molecule has 8 heteroatoms. The Hall–Kier alpha value is -1.64. The second-order valence-electron chi connectivity index (χ2n) is 7.31. The molecule has 3 heterocycles. The molecule has 2 aliphatic rings. The van der Waals surface area contributed by atoms with Crippen LogP contribution in [0, 0.1) is 0 Å². The number of piperidine rings is 1. The van der Waals surface area contributed by atoms with Crippen LogP contribution >= 0.6 is 0 Å². The minimum absolute atomic E-state index is 0.0843. The van der Waals surface area contributed by atoms with Crippen LogP contribution < -0.4 is 10.6 Å². The first-order valence-corrected chi connectivity index (χ1v) is 10.1. The van der Waals surface area contributed by atoms with Gasteiger partial charge in [-0.3, -0.25) is 9.58 Å². The topological polar surface area (TPSA) is 80.7 Å². The first-order valence-electron chi connectivity index (χ1n) is 10.1. The van der Waals surface area contributed by atoms with E-state index >= 15 is 0 Å². The van der Waals surface area contributed by atoms with Gasteiger partial charge in [-0.2, -0.15) is 5.10 Å². The van der Waals surface area contributed by atoms with Crippen LogP contribution in [0.15, 0.2) is 0 Å². The Morgan fingerprint density at radius 2 is 2.33 bits per heavy atom. The molecule has 1 unspecified atom stereocenters. The SMILES string of the molecule is CCn1nc(CN2CCCC(NC(=O)NCCCOC)C2)c2c1CCOC2. The summed E-state index contributed by atoms with van der Waals surface area (Å²) in [7, 11) is 1.67. The maximum atomic E-state index is 12.1. The van der Waals surface area contributed by atoms with Crippen molar-refractivity contribution in [1.82, 2.24) is 25.3 Å². The number of carbonyl (C=O) groups is 1. The number of ether oxygens (including phenoxy) is 2. The number of carbonyl (C=O) groups excluding carboxylic acids is 1. The predicted molar refractivity (Wildman–Crippen MR) is 103 cm³/mol. The molecule has 8 nitrogen and oxygen atoms in total. The molecule has 0 aliphatic carbocycles. The molecule has 1 atom stereocenters. The smallest absolute Gasteiger partial charge is 0.315 e. The van der Waals surface area contributed by atoms with E-state index in [4.69, 9.17) is 14.6 Å². The first kappa shape index (κ1) is 20.1. The molecule has 27 heavy (non-hydrogen) atoms. The maximum absolute atomic E-state index is 12.1. The largest absolute Gasteiger partial charge is 0.385 e. The summed E-state index contributed by atoms with van der Waals surface area (Å²) < 4.78 is 12.8. The molecule has 2 N–H and O–H groups in total. The number of aryl methyl sites for hydroxylation is 1. The molecule has 3 rings (SSSR count). The molecule has 152 valence electrons. The van der Waals surface area contributed by atoms with Crippen LogP contribution in [0.3, 0.4) is 0 Å². The Bertz CT molecular complexity index is 619. The molecule has 1 aromatic heterocycles. The van der Waals surface area contributed by atoms with E-state index in [0.717, 1.165) is 64.2 Å². The molecule has 0 bridgehead atoms. The molecule has 0 spiro atoms. The molecule has 1 fully saturated rings. The summed E-state index contributed by atoms with van der Waals surface area (Å²) in [6, 6.07) is 0.0977.